The van der Waals surface area contributed by atoms with Gasteiger partial charge in [-0.05, 0) is 25.5 Å². The summed E-state index contributed by atoms with van der Waals surface area (Å²) in [5, 5.41) is 7.63. The predicted octanol–water partition coefficient (Wildman–Crippen LogP) is 3.20. The molecule has 140 valence electrons. The first-order valence-electron chi connectivity index (χ1n) is 8.69. The van der Waals surface area contributed by atoms with Crippen molar-refractivity contribution in [3.05, 3.63) is 41.1 Å². The van der Waals surface area contributed by atoms with Gasteiger partial charge in [-0.2, -0.15) is 5.10 Å². The van der Waals surface area contributed by atoms with Crippen molar-refractivity contribution in [1.82, 2.24) is 14.7 Å². The van der Waals surface area contributed by atoms with Gasteiger partial charge in [-0.3, -0.25) is 9.59 Å². The highest BCUT2D eigenvalue weighted by Gasteiger charge is 2.22. The Kier molecular flexibility index (Phi) is 5.54. The van der Waals surface area contributed by atoms with Gasteiger partial charge in [0.25, 0.3) is 0 Å². The maximum Gasteiger partial charge on any atom is 0.245 e. The number of anilines is 1. The van der Waals surface area contributed by atoms with Gasteiger partial charge in [-0.1, -0.05) is 38.5 Å². The van der Waals surface area contributed by atoms with Crippen LogP contribution in [0.5, 0.6) is 0 Å². The fourth-order valence-electron chi connectivity index (χ4n) is 2.57. The fourth-order valence-corrected chi connectivity index (χ4v) is 2.57. The highest BCUT2D eigenvalue weighted by molar-refractivity contribution is 5.93. The molecule has 2 rings (SSSR count). The van der Waals surface area contributed by atoms with Gasteiger partial charge in [0.1, 0.15) is 5.82 Å². The fraction of sp³-hybridized carbons (Fsp3) is 0.450. The smallest absolute Gasteiger partial charge is 0.245 e. The summed E-state index contributed by atoms with van der Waals surface area (Å²) in [5.74, 6) is 0.191. The minimum absolute atomic E-state index is 0.00174. The van der Waals surface area contributed by atoms with Crippen LogP contribution < -0.4 is 5.32 Å². The van der Waals surface area contributed by atoms with E-state index in [1.807, 2.05) is 32.0 Å². The number of hydrogen-bond acceptors (Lipinski definition) is 3. The van der Waals surface area contributed by atoms with Crippen LogP contribution in [-0.4, -0.2) is 40.1 Å². The van der Waals surface area contributed by atoms with E-state index in [0.29, 0.717) is 5.82 Å². The molecule has 2 aromatic rings. The molecule has 0 bridgehead atoms. The summed E-state index contributed by atoms with van der Waals surface area (Å²) >= 11 is 0. The lowest BCUT2D eigenvalue weighted by molar-refractivity contribution is -0.131. The second-order valence-electron chi connectivity index (χ2n) is 7.79. The van der Waals surface area contributed by atoms with Gasteiger partial charge in [0.15, 0.2) is 0 Å². The summed E-state index contributed by atoms with van der Waals surface area (Å²) in [6, 6.07) is 8.01. The zero-order valence-electron chi connectivity index (χ0n) is 16.7. The van der Waals surface area contributed by atoms with Crippen molar-refractivity contribution < 1.29 is 9.59 Å². The van der Waals surface area contributed by atoms with Crippen molar-refractivity contribution in [3.63, 3.8) is 0 Å². The van der Waals surface area contributed by atoms with E-state index in [1.165, 1.54) is 17.4 Å². The van der Waals surface area contributed by atoms with E-state index in [2.05, 4.69) is 32.2 Å². The van der Waals surface area contributed by atoms with Crippen molar-refractivity contribution in [2.45, 2.75) is 47.0 Å². The van der Waals surface area contributed by atoms with E-state index >= 15 is 0 Å². The lowest BCUT2D eigenvalue weighted by Gasteiger charge is -2.15. The monoisotopic (exact) mass is 356 g/mol. The van der Waals surface area contributed by atoms with E-state index in [-0.39, 0.29) is 23.8 Å². The molecular weight excluding hydrogens is 328 g/mol. The van der Waals surface area contributed by atoms with E-state index in [0.717, 1.165) is 16.9 Å². The molecule has 0 aliphatic carbocycles. The Hall–Kier alpha value is -2.63. The van der Waals surface area contributed by atoms with Crippen LogP contribution in [0.1, 0.15) is 44.5 Å². The Morgan fingerprint density at radius 3 is 2.38 bits per heavy atom. The molecule has 1 aromatic carbocycles. The normalized spacial score (nSPS) is 11.3. The Labute approximate surface area is 155 Å². The van der Waals surface area contributed by atoms with Crippen LogP contribution in [0.4, 0.5) is 5.82 Å². The molecule has 0 saturated carbocycles. The highest BCUT2D eigenvalue weighted by Crippen LogP contribution is 2.27. The number of nitrogens with zero attached hydrogens (tertiary/aromatic N) is 3. The molecule has 0 fully saturated rings. The number of aromatic nitrogens is 2. The third kappa shape index (κ3) is 4.50. The number of aryl methyl sites for hydroxylation is 2. The maximum absolute atomic E-state index is 12.4. The number of hydrogen-bond donors (Lipinski definition) is 1. The lowest BCUT2D eigenvalue weighted by Crippen LogP contribution is -2.33. The van der Waals surface area contributed by atoms with Crippen molar-refractivity contribution >= 4 is 17.6 Å². The number of amides is 2. The van der Waals surface area contributed by atoms with Crippen LogP contribution in [0.25, 0.3) is 5.69 Å². The second kappa shape index (κ2) is 7.32. The third-order valence-corrected chi connectivity index (χ3v) is 4.24. The average Bonchev–Trinajstić information content (AvgIpc) is 2.90. The van der Waals surface area contributed by atoms with E-state index < -0.39 is 0 Å². The largest absolute Gasteiger partial charge is 0.337 e. The van der Waals surface area contributed by atoms with Gasteiger partial charge in [0.2, 0.25) is 11.8 Å². The SMILES string of the molecule is CC(=O)N(C)CC(=O)Nc1cc(C(C)(C)C)nn1-c1ccc(C)cc1C. The van der Waals surface area contributed by atoms with Gasteiger partial charge in [0, 0.05) is 25.5 Å². The number of carbonyl (C=O) groups is 2. The molecule has 1 N–H and O–H groups in total. The topological polar surface area (TPSA) is 67.2 Å². The standard InChI is InChI=1S/C20H28N4O2/c1-13-8-9-16(14(2)10-13)24-18(11-17(22-24)20(4,5)6)21-19(26)12-23(7)15(3)25/h8-11H,12H2,1-7H3,(H,21,26). The van der Waals surface area contributed by atoms with Gasteiger partial charge in [0.05, 0.1) is 17.9 Å². The first kappa shape index (κ1) is 19.7. The molecule has 0 radical (unpaired) electrons. The highest BCUT2D eigenvalue weighted by atomic mass is 16.2. The minimum Gasteiger partial charge on any atom is -0.337 e. The average molecular weight is 356 g/mol. The van der Waals surface area contributed by atoms with E-state index in [1.54, 1.807) is 11.7 Å². The van der Waals surface area contributed by atoms with Gasteiger partial charge < -0.3 is 10.2 Å². The van der Waals surface area contributed by atoms with Crippen LogP contribution in [0, 0.1) is 13.8 Å². The van der Waals surface area contributed by atoms with E-state index in [4.69, 9.17) is 5.10 Å². The summed E-state index contributed by atoms with van der Waals surface area (Å²) < 4.78 is 1.76. The summed E-state index contributed by atoms with van der Waals surface area (Å²) in [4.78, 5) is 25.1. The molecule has 0 aliphatic heterocycles. The number of benzene rings is 1. The molecular formula is C20H28N4O2. The summed E-state index contributed by atoms with van der Waals surface area (Å²) in [6.07, 6.45) is 0. The minimum atomic E-state index is -0.255. The summed E-state index contributed by atoms with van der Waals surface area (Å²) in [7, 11) is 1.60. The van der Waals surface area contributed by atoms with Crippen molar-refractivity contribution in [1.29, 1.82) is 0 Å². The van der Waals surface area contributed by atoms with Crippen LogP contribution in [0.2, 0.25) is 0 Å². The molecule has 0 saturated heterocycles. The van der Waals surface area contributed by atoms with Crippen molar-refractivity contribution in [3.8, 4) is 5.69 Å². The Balaban J connectivity index is 2.42. The van der Waals surface area contributed by atoms with Crippen molar-refractivity contribution in [2.75, 3.05) is 18.9 Å². The van der Waals surface area contributed by atoms with Crippen LogP contribution in [-0.2, 0) is 15.0 Å². The maximum atomic E-state index is 12.4. The number of carbonyl (C=O) groups excluding carboxylic acids is 2. The molecule has 0 atom stereocenters. The Morgan fingerprint density at radius 1 is 1.19 bits per heavy atom. The Bertz CT molecular complexity index is 831. The molecule has 0 aliphatic rings. The van der Waals surface area contributed by atoms with Crippen LogP contribution >= 0.6 is 0 Å². The van der Waals surface area contributed by atoms with E-state index in [9.17, 15) is 9.59 Å². The van der Waals surface area contributed by atoms with Crippen molar-refractivity contribution in [2.24, 2.45) is 0 Å². The van der Waals surface area contributed by atoms with Gasteiger partial charge >= 0.3 is 0 Å². The third-order valence-electron chi connectivity index (χ3n) is 4.24. The quantitative estimate of drug-likeness (QED) is 0.915. The molecule has 6 heteroatoms. The van der Waals surface area contributed by atoms with Gasteiger partial charge in [-0.15, -0.1) is 0 Å². The molecule has 26 heavy (non-hydrogen) atoms. The number of rotatable bonds is 4. The Morgan fingerprint density at radius 2 is 1.85 bits per heavy atom. The van der Waals surface area contributed by atoms with Crippen LogP contribution in [0.15, 0.2) is 24.3 Å². The predicted molar refractivity (Wildman–Crippen MR) is 104 cm³/mol. The number of likely N-dealkylation sites (N-methyl/N-ethyl adjacent to an activating group) is 1. The summed E-state index contributed by atoms with van der Waals surface area (Å²) in [5.41, 5.74) is 3.89. The first-order valence-corrected chi connectivity index (χ1v) is 8.69. The van der Waals surface area contributed by atoms with Gasteiger partial charge in [-0.25, -0.2) is 4.68 Å². The molecule has 1 aromatic heterocycles. The van der Waals surface area contributed by atoms with Crippen LogP contribution in [0.3, 0.4) is 0 Å². The molecule has 1 heterocycles. The lowest BCUT2D eigenvalue weighted by atomic mass is 9.92. The second-order valence-corrected chi connectivity index (χ2v) is 7.79. The number of nitrogens with one attached hydrogen (secondary N) is 1. The first-order chi connectivity index (χ1) is 12.0. The summed E-state index contributed by atoms with van der Waals surface area (Å²) in [6.45, 7) is 11.7. The molecule has 0 unspecified atom stereocenters. The molecule has 0 spiro atoms. The molecule has 6 nitrogen and oxygen atoms in total. The molecule has 2 amide bonds. The zero-order valence-corrected chi connectivity index (χ0v) is 16.7. The zero-order chi connectivity index (χ0) is 19.6.